The van der Waals surface area contributed by atoms with Gasteiger partial charge in [0, 0.05) is 38.0 Å². The molecule has 0 atom stereocenters. The molecular weight excluding hydrogens is 645 g/mol. The topological polar surface area (TPSA) is 23.0 Å². The zero-order chi connectivity index (χ0) is 34.6. The largest absolute Gasteiger partial charge is 0.455 e. The van der Waals surface area contributed by atoms with Gasteiger partial charge in [0.25, 0.3) is 0 Å². The minimum absolute atomic E-state index is 0.908. The Labute approximate surface area is 304 Å². The first-order valence-electron chi connectivity index (χ1n) is 18.2. The van der Waals surface area contributed by atoms with Crippen LogP contribution >= 0.6 is 0 Å². The third-order valence-electron chi connectivity index (χ3n) is 11.3. The molecule has 53 heavy (non-hydrogen) atoms. The van der Waals surface area contributed by atoms with E-state index in [1.54, 1.807) is 0 Å². The summed E-state index contributed by atoms with van der Waals surface area (Å²) in [5, 5.41) is 12.0. The van der Waals surface area contributed by atoms with E-state index >= 15 is 0 Å². The Morgan fingerprint density at radius 1 is 0.340 bits per heavy atom. The van der Waals surface area contributed by atoms with Crippen molar-refractivity contribution in [3.63, 3.8) is 0 Å². The van der Waals surface area contributed by atoms with Crippen molar-refractivity contribution in [3.8, 4) is 22.5 Å². The van der Waals surface area contributed by atoms with Crippen molar-refractivity contribution in [2.75, 3.05) is 0 Å². The summed E-state index contributed by atoms with van der Waals surface area (Å²) in [5.74, 6) is 0. The van der Waals surface area contributed by atoms with Gasteiger partial charge in [-0.25, -0.2) is 0 Å². The number of benzene rings is 9. The van der Waals surface area contributed by atoms with Gasteiger partial charge in [0.1, 0.15) is 11.2 Å². The molecule has 0 unspecified atom stereocenters. The van der Waals surface area contributed by atoms with Crippen molar-refractivity contribution in [1.82, 2.24) is 9.13 Å². The highest BCUT2D eigenvalue weighted by molar-refractivity contribution is 6.24. The molecule has 3 aromatic heterocycles. The fraction of sp³-hybridized carbons (Fsp3) is 0. The van der Waals surface area contributed by atoms with Crippen LogP contribution in [-0.2, 0) is 0 Å². The molecule has 0 N–H and O–H groups in total. The van der Waals surface area contributed by atoms with Crippen LogP contribution in [0.25, 0.3) is 110 Å². The lowest BCUT2D eigenvalue weighted by molar-refractivity contribution is 0.673. The fourth-order valence-electron chi connectivity index (χ4n) is 8.88. The molecule has 3 nitrogen and oxygen atoms in total. The van der Waals surface area contributed by atoms with Gasteiger partial charge in [-0.15, -0.1) is 0 Å². The van der Waals surface area contributed by atoms with E-state index in [4.69, 9.17) is 4.42 Å². The van der Waals surface area contributed by atoms with Gasteiger partial charge in [-0.1, -0.05) is 115 Å². The van der Waals surface area contributed by atoms with Crippen LogP contribution in [0.5, 0.6) is 0 Å². The van der Waals surface area contributed by atoms with Crippen molar-refractivity contribution in [2.45, 2.75) is 0 Å². The summed E-state index contributed by atoms with van der Waals surface area (Å²) < 4.78 is 11.5. The van der Waals surface area contributed by atoms with Gasteiger partial charge < -0.3 is 13.6 Å². The van der Waals surface area contributed by atoms with E-state index in [0.29, 0.717) is 0 Å². The van der Waals surface area contributed by atoms with Crippen LogP contribution in [0.2, 0.25) is 0 Å². The standard InChI is InChI=1S/C50H30N2O/c1-2-12-33-28-36(23-20-31(33)10-1)51-46-26-22-35(30-42(46)49-47(51)27-24-40-39-16-6-8-19-48(39)53-50(40)49)34-21-25-45-41(29-34)38-15-5-7-17-44(38)52(45)43-18-9-13-32-11-3-4-14-37(32)43/h1-30H. The Bertz CT molecular complexity index is 3460. The van der Waals surface area contributed by atoms with Crippen molar-refractivity contribution in [3.05, 3.63) is 182 Å². The van der Waals surface area contributed by atoms with Crippen LogP contribution in [0.3, 0.4) is 0 Å². The predicted octanol–water partition coefficient (Wildman–Crippen LogP) is 13.8. The van der Waals surface area contributed by atoms with Crippen LogP contribution < -0.4 is 0 Å². The van der Waals surface area contributed by atoms with Gasteiger partial charge in [-0.3, -0.25) is 0 Å². The monoisotopic (exact) mass is 674 g/mol. The van der Waals surface area contributed by atoms with Gasteiger partial charge in [-0.2, -0.15) is 0 Å². The van der Waals surface area contributed by atoms with Crippen LogP contribution in [0, 0.1) is 0 Å². The third kappa shape index (κ3) is 4.05. The molecule has 0 saturated heterocycles. The highest BCUT2D eigenvalue weighted by atomic mass is 16.3. The smallest absolute Gasteiger partial charge is 0.145 e. The zero-order valence-electron chi connectivity index (χ0n) is 28.6. The highest BCUT2D eigenvalue weighted by Gasteiger charge is 2.20. The molecule has 0 amide bonds. The fourth-order valence-corrected chi connectivity index (χ4v) is 8.88. The number of aromatic nitrogens is 2. The van der Waals surface area contributed by atoms with Gasteiger partial charge in [-0.05, 0) is 94.0 Å². The molecule has 3 heterocycles. The van der Waals surface area contributed by atoms with Crippen molar-refractivity contribution in [1.29, 1.82) is 0 Å². The van der Waals surface area contributed by atoms with Crippen molar-refractivity contribution >= 4 is 87.1 Å². The van der Waals surface area contributed by atoms with E-state index in [1.165, 1.54) is 65.6 Å². The lowest BCUT2D eigenvalue weighted by Gasteiger charge is -2.12. The summed E-state index contributed by atoms with van der Waals surface area (Å²) in [6.07, 6.45) is 0. The number of hydrogen-bond acceptors (Lipinski definition) is 1. The van der Waals surface area contributed by atoms with Gasteiger partial charge >= 0.3 is 0 Å². The molecular formula is C50H30N2O. The van der Waals surface area contributed by atoms with E-state index in [1.807, 2.05) is 6.07 Å². The van der Waals surface area contributed by atoms with Crippen LogP contribution in [0.15, 0.2) is 186 Å². The molecule has 0 radical (unpaired) electrons. The summed E-state index contributed by atoms with van der Waals surface area (Å²) in [7, 11) is 0. The molecule has 0 aliphatic rings. The minimum atomic E-state index is 0.908. The predicted molar refractivity (Wildman–Crippen MR) is 223 cm³/mol. The maximum absolute atomic E-state index is 6.70. The molecule has 0 aliphatic carbocycles. The zero-order valence-corrected chi connectivity index (χ0v) is 28.6. The van der Waals surface area contributed by atoms with Crippen molar-refractivity contribution in [2.24, 2.45) is 0 Å². The Kier molecular flexibility index (Phi) is 5.77. The average molecular weight is 675 g/mol. The Morgan fingerprint density at radius 3 is 1.85 bits per heavy atom. The van der Waals surface area contributed by atoms with Gasteiger partial charge in [0.15, 0.2) is 0 Å². The average Bonchev–Trinajstić information content (AvgIpc) is 3.87. The second-order valence-corrected chi connectivity index (χ2v) is 14.1. The summed E-state index contributed by atoms with van der Waals surface area (Å²) in [5.41, 5.74) is 11.2. The molecule has 0 fully saturated rings. The maximum Gasteiger partial charge on any atom is 0.145 e. The van der Waals surface area contributed by atoms with Crippen molar-refractivity contribution < 1.29 is 4.42 Å². The van der Waals surface area contributed by atoms with E-state index < -0.39 is 0 Å². The number of para-hydroxylation sites is 2. The normalized spacial score (nSPS) is 12.2. The molecule has 0 spiro atoms. The molecule has 9 aromatic carbocycles. The molecule has 3 heteroatoms. The van der Waals surface area contributed by atoms with Crippen LogP contribution in [0.1, 0.15) is 0 Å². The summed E-state index contributed by atoms with van der Waals surface area (Å²) in [6.45, 7) is 0. The molecule has 0 saturated carbocycles. The van der Waals surface area contributed by atoms with E-state index in [0.717, 1.165) is 44.0 Å². The summed E-state index contributed by atoms with van der Waals surface area (Å²) in [4.78, 5) is 0. The SMILES string of the molecule is c1ccc2cc(-n3c4ccc(-c5ccc6c(c5)c5ccccc5n6-c5cccc6ccccc56)cc4c4c5oc6ccccc6c5ccc43)ccc2c1. The molecule has 246 valence electrons. The minimum Gasteiger partial charge on any atom is -0.455 e. The Balaban J connectivity index is 1.12. The third-order valence-corrected chi connectivity index (χ3v) is 11.3. The second-order valence-electron chi connectivity index (χ2n) is 14.1. The lowest BCUT2D eigenvalue weighted by Crippen LogP contribution is -1.95. The summed E-state index contributed by atoms with van der Waals surface area (Å²) in [6, 6.07) is 66.1. The molecule has 12 aromatic rings. The first-order valence-corrected chi connectivity index (χ1v) is 18.2. The second kappa shape index (κ2) is 10.7. The lowest BCUT2D eigenvalue weighted by atomic mass is 10.00. The van der Waals surface area contributed by atoms with E-state index in [9.17, 15) is 0 Å². The first-order chi connectivity index (χ1) is 26.3. The molecule has 12 rings (SSSR count). The van der Waals surface area contributed by atoms with Gasteiger partial charge in [0.2, 0.25) is 0 Å². The number of furan rings is 1. The van der Waals surface area contributed by atoms with Gasteiger partial charge in [0.05, 0.1) is 33.1 Å². The molecule has 0 aliphatic heterocycles. The van der Waals surface area contributed by atoms with E-state index in [-0.39, 0.29) is 0 Å². The van der Waals surface area contributed by atoms with Crippen LogP contribution in [0.4, 0.5) is 0 Å². The number of nitrogens with zero attached hydrogens (tertiary/aromatic N) is 2. The first kappa shape index (κ1) is 28.6. The Morgan fingerprint density at radius 2 is 0.981 bits per heavy atom. The summed E-state index contributed by atoms with van der Waals surface area (Å²) >= 11 is 0. The van der Waals surface area contributed by atoms with Crippen LogP contribution in [-0.4, -0.2) is 9.13 Å². The quantitative estimate of drug-likeness (QED) is 0.183. The van der Waals surface area contributed by atoms with E-state index in [2.05, 4.69) is 185 Å². The molecule has 0 bridgehead atoms. The number of hydrogen-bond donors (Lipinski definition) is 0. The maximum atomic E-state index is 6.70. The highest BCUT2D eigenvalue weighted by Crippen LogP contribution is 2.43. The Hall–Kier alpha value is -7.10. The number of rotatable bonds is 3. The number of fused-ring (bicyclic) bond motifs is 12.